The lowest BCUT2D eigenvalue weighted by atomic mass is 10.1. The normalized spacial score (nSPS) is 25.3. The van der Waals surface area contributed by atoms with Crippen LogP contribution < -0.4 is 10.5 Å². The summed E-state index contributed by atoms with van der Waals surface area (Å²) in [5.74, 6) is 1.55. The number of hydrogen-bond donors (Lipinski definition) is 1. The van der Waals surface area contributed by atoms with E-state index in [1.54, 1.807) is 0 Å². The Bertz CT molecular complexity index is 487. The SMILES string of the molecule is CC1Oc2ccccc2C1N=C(N)N(C)C1CC1.I. The lowest BCUT2D eigenvalue weighted by molar-refractivity contribution is 0.228. The van der Waals surface area contributed by atoms with E-state index in [1.165, 1.54) is 12.8 Å². The molecule has 1 aromatic rings. The van der Waals surface area contributed by atoms with Gasteiger partial charge < -0.3 is 15.4 Å². The molecule has 104 valence electrons. The lowest BCUT2D eigenvalue weighted by Gasteiger charge is -2.19. The summed E-state index contributed by atoms with van der Waals surface area (Å²) < 4.78 is 5.79. The number of halogens is 1. The number of ether oxygens (including phenoxy) is 1. The van der Waals surface area contributed by atoms with Crippen LogP contribution in [-0.2, 0) is 0 Å². The van der Waals surface area contributed by atoms with Crippen LogP contribution in [0, 0.1) is 0 Å². The van der Waals surface area contributed by atoms with E-state index in [1.807, 2.05) is 32.2 Å². The molecule has 1 aromatic carbocycles. The van der Waals surface area contributed by atoms with Gasteiger partial charge in [0.15, 0.2) is 5.96 Å². The second kappa shape index (κ2) is 5.56. The first-order valence-corrected chi connectivity index (χ1v) is 6.48. The van der Waals surface area contributed by atoms with E-state index in [-0.39, 0.29) is 36.1 Å². The van der Waals surface area contributed by atoms with Crippen molar-refractivity contribution in [1.29, 1.82) is 0 Å². The highest BCUT2D eigenvalue weighted by Crippen LogP contribution is 2.38. The van der Waals surface area contributed by atoms with Crippen molar-refractivity contribution in [2.75, 3.05) is 7.05 Å². The van der Waals surface area contributed by atoms with E-state index < -0.39 is 0 Å². The average Bonchev–Trinajstić information content (AvgIpc) is 3.15. The van der Waals surface area contributed by atoms with Gasteiger partial charge in [-0.25, -0.2) is 4.99 Å². The third-order valence-corrected chi connectivity index (χ3v) is 3.72. The van der Waals surface area contributed by atoms with Crippen molar-refractivity contribution in [1.82, 2.24) is 4.90 Å². The number of rotatable bonds is 2. The molecule has 1 saturated carbocycles. The summed E-state index contributed by atoms with van der Waals surface area (Å²) in [6.45, 7) is 2.04. The molecule has 1 fully saturated rings. The van der Waals surface area contributed by atoms with Gasteiger partial charge >= 0.3 is 0 Å². The molecule has 1 aliphatic carbocycles. The second-order valence-corrected chi connectivity index (χ2v) is 5.14. The maximum absolute atomic E-state index is 6.08. The zero-order chi connectivity index (χ0) is 12.7. The van der Waals surface area contributed by atoms with Crippen molar-refractivity contribution in [2.45, 2.75) is 38.0 Å². The fourth-order valence-electron chi connectivity index (χ4n) is 2.41. The van der Waals surface area contributed by atoms with Crippen molar-refractivity contribution in [3.8, 4) is 5.75 Å². The molecule has 19 heavy (non-hydrogen) atoms. The highest BCUT2D eigenvalue weighted by molar-refractivity contribution is 14.0. The molecule has 2 atom stereocenters. The summed E-state index contributed by atoms with van der Waals surface area (Å²) in [7, 11) is 2.02. The Kier molecular flexibility index (Phi) is 4.23. The maximum atomic E-state index is 6.08. The van der Waals surface area contributed by atoms with E-state index in [0.29, 0.717) is 12.0 Å². The Morgan fingerprint density at radius 2 is 2.05 bits per heavy atom. The Labute approximate surface area is 131 Å². The number of hydrogen-bond acceptors (Lipinski definition) is 2. The van der Waals surface area contributed by atoms with Crippen LogP contribution in [0.2, 0.25) is 0 Å². The van der Waals surface area contributed by atoms with Gasteiger partial charge in [-0.3, -0.25) is 0 Å². The summed E-state index contributed by atoms with van der Waals surface area (Å²) in [6, 6.07) is 8.66. The molecule has 0 amide bonds. The Balaban J connectivity index is 0.00000133. The Morgan fingerprint density at radius 1 is 1.37 bits per heavy atom. The molecular weight excluding hydrogens is 353 g/mol. The molecule has 2 aliphatic rings. The van der Waals surface area contributed by atoms with Crippen molar-refractivity contribution in [3.05, 3.63) is 29.8 Å². The van der Waals surface area contributed by atoms with Crippen LogP contribution in [0.15, 0.2) is 29.3 Å². The molecule has 2 N–H and O–H groups in total. The monoisotopic (exact) mass is 373 g/mol. The molecule has 0 saturated heterocycles. The van der Waals surface area contributed by atoms with Gasteiger partial charge in [-0.05, 0) is 25.8 Å². The van der Waals surface area contributed by atoms with Crippen molar-refractivity contribution in [2.24, 2.45) is 10.7 Å². The van der Waals surface area contributed by atoms with Crippen LogP contribution in [0.25, 0.3) is 0 Å². The molecule has 4 nitrogen and oxygen atoms in total. The first-order chi connectivity index (χ1) is 8.66. The predicted molar refractivity (Wildman–Crippen MR) is 87.1 cm³/mol. The van der Waals surface area contributed by atoms with Gasteiger partial charge in [0.2, 0.25) is 0 Å². The van der Waals surface area contributed by atoms with E-state index >= 15 is 0 Å². The zero-order valence-electron chi connectivity index (χ0n) is 11.2. The van der Waals surface area contributed by atoms with Crippen LogP contribution in [0.5, 0.6) is 5.75 Å². The molecular formula is C14H20IN3O. The Morgan fingerprint density at radius 3 is 2.74 bits per heavy atom. The minimum absolute atomic E-state index is 0. The molecule has 5 heteroatoms. The Hall–Kier alpha value is -0.980. The first kappa shape index (κ1) is 14.4. The number of para-hydroxylation sites is 1. The van der Waals surface area contributed by atoms with Crippen LogP contribution in [0.1, 0.15) is 31.4 Å². The fraction of sp³-hybridized carbons (Fsp3) is 0.500. The number of aliphatic imine (C=N–C) groups is 1. The van der Waals surface area contributed by atoms with Gasteiger partial charge in [-0.1, -0.05) is 18.2 Å². The highest BCUT2D eigenvalue weighted by Gasteiger charge is 2.33. The molecule has 1 aliphatic heterocycles. The van der Waals surface area contributed by atoms with Crippen molar-refractivity contribution >= 4 is 29.9 Å². The number of nitrogens with zero attached hydrogens (tertiary/aromatic N) is 2. The molecule has 1 heterocycles. The quantitative estimate of drug-likeness (QED) is 0.493. The van der Waals surface area contributed by atoms with Crippen LogP contribution in [0.3, 0.4) is 0 Å². The number of nitrogens with two attached hydrogens (primary N) is 1. The molecule has 0 aromatic heterocycles. The van der Waals surface area contributed by atoms with Gasteiger partial charge in [-0.15, -0.1) is 24.0 Å². The van der Waals surface area contributed by atoms with Crippen molar-refractivity contribution in [3.63, 3.8) is 0 Å². The standard InChI is InChI=1S/C14H19N3O.HI/c1-9-13(11-5-3-4-6-12(11)18-9)16-14(15)17(2)10-7-8-10;/h3-6,9-10,13H,7-8H2,1-2H3,(H2,15,16);1H. The van der Waals surface area contributed by atoms with Gasteiger partial charge in [0.25, 0.3) is 0 Å². The maximum Gasteiger partial charge on any atom is 0.191 e. The predicted octanol–water partition coefficient (Wildman–Crippen LogP) is 2.54. The topological polar surface area (TPSA) is 50.9 Å². The molecule has 3 rings (SSSR count). The van der Waals surface area contributed by atoms with Gasteiger partial charge in [0.1, 0.15) is 17.9 Å². The summed E-state index contributed by atoms with van der Waals surface area (Å²) in [6.07, 6.45) is 2.49. The van der Waals surface area contributed by atoms with Crippen LogP contribution >= 0.6 is 24.0 Å². The third kappa shape index (κ3) is 2.80. The average molecular weight is 373 g/mol. The largest absolute Gasteiger partial charge is 0.488 e. The van der Waals surface area contributed by atoms with Gasteiger partial charge in [0, 0.05) is 18.7 Å². The summed E-state index contributed by atoms with van der Waals surface area (Å²) in [5.41, 5.74) is 7.21. The number of benzene rings is 1. The fourth-order valence-corrected chi connectivity index (χ4v) is 2.41. The molecule has 2 unspecified atom stereocenters. The minimum atomic E-state index is 0. The number of fused-ring (bicyclic) bond motifs is 1. The summed E-state index contributed by atoms with van der Waals surface area (Å²) in [4.78, 5) is 6.73. The van der Waals surface area contributed by atoms with E-state index in [2.05, 4.69) is 16.0 Å². The molecule has 0 radical (unpaired) electrons. The van der Waals surface area contributed by atoms with E-state index in [0.717, 1.165) is 11.3 Å². The van der Waals surface area contributed by atoms with E-state index in [4.69, 9.17) is 10.5 Å². The second-order valence-electron chi connectivity index (χ2n) is 5.14. The molecule has 0 bridgehead atoms. The van der Waals surface area contributed by atoms with Crippen LogP contribution in [-0.4, -0.2) is 30.1 Å². The van der Waals surface area contributed by atoms with Gasteiger partial charge in [-0.2, -0.15) is 0 Å². The van der Waals surface area contributed by atoms with Crippen LogP contribution in [0.4, 0.5) is 0 Å². The van der Waals surface area contributed by atoms with Gasteiger partial charge in [0.05, 0.1) is 0 Å². The zero-order valence-corrected chi connectivity index (χ0v) is 13.6. The first-order valence-electron chi connectivity index (χ1n) is 6.48. The van der Waals surface area contributed by atoms with E-state index in [9.17, 15) is 0 Å². The highest BCUT2D eigenvalue weighted by atomic mass is 127. The lowest BCUT2D eigenvalue weighted by Crippen LogP contribution is -2.36. The molecule has 0 spiro atoms. The minimum Gasteiger partial charge on any atom is -0.488 e. The smallest absolute Gasteiger partial charge is 0.191 e. The summed E-state index contributed by atoms with van der Waals surface area (Å²) in [5, 5.41) is 0. The number of guanidine groups is 1. The van der Waals surface area contributed by atoms with Crippen molar-refractivity contribution < 1.29 is 4.74 Å². The third-order valence-electron chi connectivity index (χ3n) is 3.72. The summed E-state index contributed by atoms with van der Waals surface area (Å²) >= 11 is 0.